The van der Waals surface area contributed by atoms with Gasteiger partial charge in [0.05, 0.1) is 0 Å². The van der Waals surface area contributed by atoms with Crippen molar-refractivity contribution in [1.82, 2.24) is 0 Å². The predicted octanol–water partition coefficient (Wildman–Crippen LogP) is 3.78. The minimum atomic E-state index is 0.692. The molecular weight excluding hydrogens is 204 g/mol. The first kappa shape index (κ1) is 11.8. The second kappa shape index (κ2) is 5.56. The number of thioether (sulfide) groups is 1. The molecule has 1 aromatic rings. The van der Waals surface area contributed by atoms with Gasteiger partial charge in [-0.05, 0) is 35.3 Å². The average molecular weight is 218 g/mol. The second-order valence-electron chi connectivity index (χ2n) is 3.22. The van der Waals surface area contributed by atoms with Crippen molar-refractivity contribution in [3.05, 3.63) is 53.0 Å². The van der Waals surface area contributed by atoms with Crippen molar-refractivity contribution in [2.75, 3.05) is 6.26 Å². The molecule has 0 N–H and O–H groups in total. The van der Waals surface area contributed by atoms with E-state index in [9.17, 15) is 4.79 Å². The van der Waals surface area contributed by atoms with E-state index in [1.807, 2.05) is 24.5 Å². The van der Waals surface area contributed by atoms with E-state index in [0.717, 1.165) is 17.4 Å². The van der Waals surface area contributed by atoms with Crippen molar-refractivity contribution in [2.45, 2.75) is 6.92 Å². The number of carbonyl (C=O) groups excluding carboxylic acids is 1. The van der Waals surface area contributed by atoms with Gasteiger partial charge < -0.3 is 0 Å². The summed E-state index contributed by atoms with van der Waals surface area (Å²) in [6.45, 7) is 6.04. The van der Waals surface area contributed by atoms with Crippen LogP contribution in [0.15, 0.2) is 41.8 Å². The minimum absolute atomic E-state index is 0.692. The van der Waals surface area contributed by atoms with Crippen LogP contribution >= 0.6 is 11.8 Å². The maximum atomic E-state index is 10.5. The molecule has 0 unspecified atom stereocenters. The summed E-state index contributed by atoms with van der Waals surface area (Å²) in [6.07, 6.45) is 4.92. The van der Waals surface area contributed by atoms with E-state index >= 15 is 0 Å². The molecule has 1 aromatic carbocycles. The quantitative estimate of drug-likeness (QED) is 0.565. The SMILES string of the molecule is C=C(/C=C(/C)SC)c1ccc(C=O)cc1. The maximum absolute atomic E-state index is 10.5. The van der Waals surface area contributed by atoms with E-state index in [-0.39, 0.29) is 0 Å². The Kier molecular flexibility index (Phi) is 4.37. The lowest BCUT2D eigenvalue weighted by Gasteiger charge is -2.02. The van der Waals surface area contributed by atoms with Crippen molar-refractivity contribution >= 4 is 23.6 Å². The first-order chi connectivity index (χ1) is 7.17. The van der Waals surface area contributed by atoms with Gasteiger partial charge in [-0.2, -0.15) is 0 Å². The van der Waals surface area contributed by atoms with E-state index in [1.54, 1.807) is 23.9 Å². The van der Waals surface area contributed by atoms with Crippen LogP contribution in [0.25, 0.3) is 5.57 Å². The van der Waals surface area contributed by atoms with Crippen molar-refractivity contribution in [2.24, 2.45) is 0 Å². The van der Waals surface area contributed by atoms with Crippen molar-refractivity contribution in [3.8, 4) is 0 Å². The normalized spacial score (nSPS) is 11.2. The fourth-order valence-corrected chi connectivity index (χ4v) is 1.42. The van der Waals surface area contributed by atoms with Crippen LogP contribution in [0.3, 0.4) is 0 Å². The fourth-order valence-electron chi connectivity index (χ4n) is 1.16. The molecule has 78 valence electrons. The lowest BCUT2D eigenvalue weighted by molar-refractivity contribution is 0.112. The summed E-state index contributed by atoms with van der Waals surface area (Å²) in [7, 11) is 0. The standard InChI is InChI=1S/C13H14OS/c1-10(8-11(2)15-3)13-6-4-12(9-14)5-7-13/h4-9H,1H2,2-3H3/b11-8-. The van der Waals surface area contributed by atoms with Crippen LogP contribution in [-0.4, -0.2) is 12.5 Å². The molecule has 1 nitrogen and oxygen atoms in total. The van der Waals surface area contributed by atoms with Crippen molar-refractivity contribution in [1.29, 1.82) is 0 Å². The number of hydrogen-bond acceptors (Lipinski definition) is 2. The van der Waals surface area contributed by atoms with Gasteiger partial charge in [0.25, 0.3) is 0 Å². The lowest BCUT2D eigenvalue weighted by Crippen LogP contribution is -1.83. The zero-order valence-electron chi connectivity index (χ0n) is 8.99. The zero-order chi connectivity index (χ0) is 11.3. The van der Waals surface area contributed by atoms with Gasteiger partial charge in [-0.3, -0.25) is 4.79 Å². The van der Waals surface area contributed by atoms with Crippen LogP contribution in [0.5, 0.6) is 0 Å². The molecule has 0 saturated heterocycles. The Labute approximate surface area is 94.9 Å². The predicted molar refractivity (Wildman–Crippen MR) is 68.1 cm³/mol. The molecule has 0 aliphatic rings. The molecule has 0 aliphatic heterocycles. The van der Waals surface area contributed by atoms with Gasteiger partial charge in [-0.15, -0.1) is 11.8 Å². The Hall–Kier alpha value is -1.28. The van der Waals surface area contributed by atoms with Crippen LogP contribution in [0, 0.1) is 0 Å². The summed E-state index contributed by atoms with van der Waals surface area (Å²) in [4.78, 5) is 11.7. The summed E-state index contributed by atoms with van der Waals surface area (Å²) < 4.78 is 0. The second-order valence-corrected chi connectivity index (χ2v) is 4.28. The topological polar surface area (TPSA) is 17.1 Å². The molecule has 0 atom stereocenters. The molecule has 0 aromatic heterocycles. The van der Waals surface area contributed by atoms with Crippen LogP contribution in [0.1, 0.15) is 22.8 Å². The molecule has 0 bridgehead atoms. The third kappa shape index (κ3) is 3.40. The molecule has 0 fully saturated rings. The average Bonchev–Trinajstić information content (AvgIpc) is 2.29. The van der Waals surface area contributed by atoms with E-state index in [0.29, 0.717) is 5.56 Å². The number of allylic oxidation sites excluding steroid dienone is 3. The van der Waals surface area contributed by atoms with Crippen LogP contribution in [0.4, 0.5) is 0 Å². The van der Waals surface area contributed by atoms with Crippen molar-refractivity contribution in [3.63, 3.8) is 0 Å². The number of rotatable bonds is 4. The Balaban J connectivity index is 2.88. The highest BCUT2D eigenvalue weighted by Gasteiger charge is 1.96. The molecule has 2 heteroatoms. The molecule has 15 heavy (non-hydrogen) atoms. The molecule has 0 saturated carbocycles. The Morgan fingerprint density at radius 2 is 1.93 bits per heavy atom. The summed E-state index contributed by atoms with van der Waals surface area (Å²) in [6, 6.07) is 7.43. The molecule has 0 heterocycles. The smallest absolute Gasteiger partial charge is 0.150 e. The molecule has 0 spiro atoms. The van der Waals surface area contributed by atoms with Gasteiger partial charge >= 0.3 is 0 Å². The van der Waals surface area contributed by atoms with E-state index in [1.165, 1.54) is 4.91 Å². The van der Waals surface area contributed by atoms with Gasteiger partial charge in [0.1, 0.15) is 6.29 Å². The minimum Gasteiger partial charge on any atom is -0.298 e. The largest absolute Gasteiger partial charge is 0.298 e. The van der Waals surface area contributed by atoms with Gasteiger partial charge in [0.15, 0.2) is 0 Å². The van der Waals surface area contributed by atoms with Gasteiger partial charge in [0.2, 0.25) is 0 Å². The Morgan fingerprint density at radius 1 is 1.33 bits per heavy atom. The third-order valence-corrected chi connectivity index (χ3v) is 2.88. The van der Waals surface area contributed by atoms with E-state index in [2.05, 4.69) is 13.5 Å². The Morgan fingerprint density at radius 3 is 2.40 bits per heavy atom. The Bertz CT molecular complexity index is 388. The summed E-state index contributed by atoms with van der Waals surface area (Å²) in [5.41, 5.74) is 2.71. The van der Waals surface area contributed by atoms with Gasteiger partial charge in [-0.1, -0.05) is 30.8 Å². The zero-order valence-corrected chi connectivity index (χ0v) is 9.80. The number of carbonyl (C=O) groups is 1. The molecular formula is C13H14OS. The monoisotopic (exact) mass is 218 g/mol. The maximum Gasteiger partial charge on any atom is 0.150 e. The van der Waals surface area contributed by atoms with E-state index in [4.69, 9.17) is 0 Å². The molecule has 0 amide bonds. The lowest BCUT2D eigenvalue weighted by atomic mass is 10.1. The van der Waals surface area contributed by atoms with Gasteiger partial charge in [-0.25, -0.2) is 0 Å². The summed E-state index contributed by atoms with van der Waals surface area (Å²) in [5, 5.41) is 0. The highest BCUT2D eigenvalue weighted by atomic mass is 32.2. The van der Waals surface area contributed by atoms with Crippen LogP contribution in [-0.2, 0) is 0 Å². The highest BCUT2D eigenvalue weighted by Crippen LogP contribution is 2.19. The number of aldehydes is 1. The molecule has 0 aliphatic carbocycles. The summed E-state index contributed by atoms with van der Waals surface area (Å²) in [5.74, 6) is 0. The van der Waals surface area contributed by atoms with E-state index < -0.39 is 0 Å². The molecule has 1 rings (SSSR count). The van der Waals surface area contributed by atoms with Crippen LogP contribution in [0.2, 0.25) is 0 Å². The number of benzene rings is 1. The number of hydrogen-bond donors (Lipinski definition) is 0. The van der Waals surface area contributed by atoms with Crippen molar-refractivity contribution < 1.29 is 4.79 Å². The van der Waals surface area contributed by atoms with Crippen LogP contribution < -0.4 is 0 Å². The fraction of sp³-hybridized carbons (Fsp3) is 0.154. The summed E-state index contributed by atoms with van der Waals surface area (Å²) >= 11 is 1.70. The molecule has 0 radical (unpaired) electrons. The first-order valence-corrected chi connectivity index (χ1v) is 5.86. The third-order valence-electron chi connectivity index (χ3n) is 2.12. The first-order valence-electron chi connectivity index (χ1n) is 4.64. The van der Waals surface area contributed by atoms with Gasteiger partial charge in [0, 0.05) is 5.56 Å². The highest BCUT2D eigenvalue weighted by molar-refractivity contribution is 8.02.